The van der Waals surface area contributed by atoms with Crippen LogP contribution in [-0.2, 0) is 0 Å². The summed E-state index contributed by atoms with van der Waals surface area (Å²) in [7, 11) is 0. The van der Waals surface area contributed by atoms with Gasteiger partial charge in [-0.25, -0.2) is 4.79 Å². The van der Waals surface area contributed by atoms with E-state index in [1.54, 1.807) is 6.07 Å². The third-order valence-electron chi connectivity index (χ3n) is 6.65. The maximum absolute atomic E-state index is 11.8. The molecule has 0 spiro atoms. The molecule has 3 nitrogen and oxygen atoms in total. The van der Waals surface area contributed by atoms with Gasteiger partial charge in [-0.05, 0) is 72.3 Å². The molecule has 134 valence electrons. The second kappa shape index (κ2) is 5.90. The molecule has 0 radical (unpaired) electrons. The number of carbonyl (C=O) groups is 1. The second-order valence-electron chi connectivity index (χ2n) is 7.81. The van der Waals surface area contributed by atoms with Crippen molar-refractivity contribution in [1.29, 1.82) is 0 Å². The van der Waals surface area contributed by atoms with Gasteiger partial charge in [0, 0.05) is 0 Å². The Balaban J connectivity index is 1.67. The topological polar surface area (TPSA) is 49.3 Å². The lowest BCUT2D eigenvalue weighted by atomic mass is 9.67. The highest BCUT2D eigenvalue weighted by Gasteiger charge is 2.54. The number of aromatic carboxylic acids is 1. The molecule has 26 heavy (non-hydrogen) atoms. The fraction of sp³-hybridized carbons (Fsp3) is 0.381. The van der Waals surface area contributed by atoms with Crippen LogP contribution in [0.15, 0.2) is 36.4 Å². The molecule has 2 N–H and O–H groups in total. The van der Waals surface area contributed by atoms with Gasteiger partial charge in [0.25, 0.3) is 0 Å². The molecule has 3 aliphatic rings. The molecule has 5 atom stereocenters. The first-order valence-corrected chi connectivity index (χ1v) is 9.88. The molecule has 5 heteroatoms. The Morgan fingerprint density at radius 1 is 1.08 bits per heavy atom. The molecule has 2 aromatic carbocycles. The Morgan fingerprint density at radius 2 is 1.88 bits per heavy atom. The molecule has 2 bridgehead atoms. The monoisotopic (exact) mass is 387 g/mol. The fourth-order valence-electron chi connectivity index (χ4n) is 5.73. The van der Waals surface area contributed by atoms with Crippen LogP contribution in [0, 0.1) is 17.8 Å². The molecule has 0 amide bonds. The minimum absolute atomic E-state index is 0.0677. The van der Waals surface area contributed by atoms with Gasteiger partial charge in [-0.15, -0.1) is 0 Å². The average Bonchev–Trinajstić information content (AvgIpc) is 3.25. The molecule has 2 aliphatic carbocycles. The number of hydrogen-bond donors (Lipinski definition) is 2. The van der Waals surface area contributed by atoms with Crippen molar-refractivity contribution in [2.24, 2.45) is 17.8 Å². The maximum Gasteiger partial charge on any atom is 0.337 e. The summed E-state index contributed by atoms with van der Waals surface area (Å²) in [4.78, 5) is 11.8. The van der Waals surface area contributed by atoms with Gasteiger partial charge in [0.1, 0.15) is 0 Å². The number of fused-ring (bicyclic) bond motifs is 7. The third kappa shape index (κ3) is 2.30. The number of halogens is 2. The second-order valence-corrected chi connectivity index (χ2v) is 8.62. The Kier molecular flexibility index (Phi) is 3.74. The summed E-state index contributed by atoms with van der Waals surface area (Å²) >= 11 is 12.4. The predicted molar refractivity (Wildman–Crippen MR) is 103 cm³/mol. The van der Waals surface area contributed by atoms with Crippen LogP contribution in [0.2, 0.25) is 10.0 Å². The van der Waals surface area contributed by atoms with E-state index in [9.17, 15) is 9.90 Å². The van der Waals surface area contributed by atoms with Crippen molar-refractivity contribution in [3.63, 3.8) is 0 Å². The van der Waals surface area contributed by atoms with Gasteiger partial charge < -0.3 is 10.4 Å². The van der Waals surface area contributed by atoms with Crippen molar-refractivity contribution in [3.8, 4) is 0 Å². The Labute approximate surface area is 162 Å². The highest BCUT2D eigenvalue weighted by molar-refractivity contribution is 6.42. The Hall–Kier alpha value is -1.71. The zero-order valence-electron chi connectivity index (χ0n) is 14.1. The fourth-order valence-corrected chi connectivity index (χ4v) is 6.03. The largest absolute Gasteiger partial charge is 0.478 e. The minimum Gasteiger partial charge on any atom is -0.478 e. The molecular weight excluding hydrogens is 369 g/mol. The summed E-state index contributed by atoms with van der Waals surface area (Å²) in [5.41, 5.74) is 3.41. The average molecular weight is 388 g/mol. The van der Waals surface area contributed by atoms with Crippen LogP contribution in [0.1, 0.15) is 52.7 Å². The molecule has 0 saturated heterocycles. The summed E-state index contributed by atoms with van der Waals surface area (Å²) in [6.45, 7) is 0. The van der Waals surface area contributed by atoms with Crippen molar-refractivity contribution in [1.82, 2.24) is 0 Å². The van der Waals surface area contributed by atoms with Gasteiger partial charge in [0.05, 0.1) is 27.3 Å². The number of hydrogen-bond acceptors (Lipinski definition) is 2. The molecule has 2 aromatic rings. The van der Waals surface area contributed by atoms with E-state index in [4.69, 9.17) is 23.2 Å². The summed E-state index contributed by atoms with van der Waals surface area (Å²) in [6, 6.07) is 11.5. The maximum atomic E-state index is 11.8. The number of carboxylic acids is 1. The van der Waals surface area contributed by atoms with Gasteiger partial charge in [-0.3, -0.25) is 0 Å². The minimum atomic E-state index is -0.885. The van der Waals surface area contributed by atoms with Gasteiger partial charge in [-0.2, -0.15) is 0 Å². The van der Waals surface area contributed by atoms with E-state index in [0.717, 1.165) is 11.3 Å². The molecule has 1 aliphatic heterocycles. The van der Waals surface area contributed by atoms with Gasteiger partial charge in [0.15, 0.2) is 0 Å². The normalized spacial score (nSPS) is 31.2. The highest BCUT2D eigenvalue weighted by Crippen LogP contribution is 2.64. The molecule has 0 aromatic heterocycles. The molecule has 5 rings (SSSR count). The molecule has 2 saturated carbocycles. The highest BCUT2D eigenvalue weighted by atomic mass is 35.5. The third-order valence-corrected chi connectivity index (χ3v) is 7.39. The van der Waals surface area contributed by atoms with E-state index in [2.05, 4.69) is 11.4 Å². The standard InChI is InChI=1S/C21H19Cl2NO2/c22-15-7-6-12(9-16(15)23)19-18-11-5-4-10(8-11)17(18)13-2-1-3-14(21(25)26)20(13)24-19/h1-3,6-7,9-11,17-19,24H,4-5,8H2,(H,25,26)/t10-,11-,17-,18+,19+/m0/s1. The van der Waals surface area contributed by atoms with Crippen LogP contribution >= 0.6 is 23.2 Å². The van der Waals surface area contributed by atoms with Crippen molar-refractivity contribution >= 4 is 34.9 Å². The van der Waals surface area contributed by atoms with Crippen LogP contribution in [-0.4, -0.2) is 11.1 Å². The molecule has 2 fully saturated rings. The first-order valence-electron chi connectivity index (χ1n) is 9.12. The molecule has 1 heterocycles. The number of rotatable bonds is 2. The lowest BCUT2D eigenvalue weighted by Gasteiger charge is -2.44. The van der Waals surface area contributed by atoms with Crippen LogP contribution in [0.3, 0.4) is 0 Å². The van der Waals surface area contributed by atoms with Crippen LogP contribution in [0.4, 0.5) is 5.69 Å². The number of carboxylic acid groups (broad SMARTS) is 1. The van der Waals surface area contributed by atoms with E-state index in [1.165, 1.54) is 24.8 Å². The number of para-hydroxylation sites is 1. The Morgan fingerprint density at radius 3 is 2.65 bits per heavy atom. The Bertz CT molecular complexity index is 913. The smallest absolute Gasteiger partial charge is 0.337 e. The van der Waals surface area contributed by atoms with Crippen molar-refractivity contribution < 1.29 is 9.90 Å². The van der Waals surface area contributed by atoms with Crippen molar-refractivity contribution in [2.45, 2.75) is 31.2 Å². The summed E-state index contributed by atoms with van der Waals surface area (Å²) in [6.07, 6.45) is 3.75. The molecular formula is C21H19Cl2NO2. The first kappa shape index (κ1) is 16.5. The zero-order chi connectivity index (χ0) is 18.0. The van der Waals surface area contributed by atoms with Gasteiger partial charge in [-0.1, -0.05) is 41.4 Å². The summed E-state index contributed by atoms with van der Waals surface area (Å²) in [5.74, 6) is 1.34. The van der Waals surface area contributed by atoms with Crippen LogP contribution in [0.5, 0.6) is 0 Å². The van der Waals surface area contributed by atoms with Crippen molar-refractivity contribution in [2.75, 3.05) is 5.32 Å². The van der Waals surface area contributed by atoms with E-state index in [-0.39, 0.29) is 6.04 Å². The predicted octanol–water partition coefficient (Wildman–Crippen LogP) is 5.99. The summed E-state index contributed by atoms with van der Waals surface area (Å²) < 4.78 is 0. The SMILES string of the molecule is O=C(O)c1cccc2c1N[C@H](c1ccc(Cl)c(Cl)c1)[C@@H]1[C@H]3CC[C@@H](C3)[C@@H]21. The van der Waals surface area contributed by atoms with E-state index < -0.39 is 5.97 Å². The zero-order valence-corrected chi connectivity index (χ0v) is 15.6. The quantitative estimate of drug-likeness (QED) is 0.665. The van der Waals surface area contributed by atoms with E-state index in [1.807, 2.05) is 24.3 Å². The number of benzene rings is 2. The lowest BCUT2D eigenvalue weighted by molar-refractivity contribution is 0.0697. The van der Waals surface area contributed by atoms with Crippen molar-refractivity contribution in [3.05, 3.63) is 63.1 Å². The first-order chi connectivity index (χ1) is 12.5. The van der Waals surface area contributed by atoms with Crippen LogP contribution in [0.25, 0.3) is 0 Å². The lowest BCUT2D eigenvalue weighted by Crippen LogP contribution is -2.36. The van der Waals surface area contributed by atoms with Gasteiger partial charge >= 0.3 is 5.97 Å². The molecule has 0 unspecified atom stereocenters. The number of nitrogens with one attached hydrogen (secondary N) is 1. The van der Waals surface area contributed by atoms with Crippen LogP contribution < -0.4 is 5.32 Å². The van der Waals surface area contributed by atoms with E-state index in [0.29, 0.717) is 39.3 Å². The number of anilines is 1. The summed E-state index contributed by atoms with van der Waals surface area (Å²) in [5, 5.41) is 14.3. The van der Waals surface area contributed by atoms with E-state index >= 15 is 0 Å². The van der Waals surface area contributed by atoms with Gasteiger partial charge in [0.2, 0.25) is 0 Å².